The highest BCUT2D eigenvalue weighted by Crippen LogP contribution is 1.50. The average molecular weight is 163 g/mol. The average Bonchev–Trinajstić information content (AvgIpc) is 1.88. The van der Waals surface area contributed by atoms with Gasteiger partial charge >= 0.3 is 0 Å². The van der Waals surface area contributed by atoms with E-state index in [1.807, 2.05) is 0 Å². The van der Waals surface area contributed by atoms with Gasteiger partial charge in [-0.1, -0.05) is 0 Å². The molecule has 0 amide bonds. The van der Waals surface area contributed by atoms with Crippen molar-refractivity contribution in [3.05, 3.63) is 0 Å². The minimum Gasteiger partial charge on any atom is -0.328 e. The summed E-state index contributed by atoms with van der Waals surface area (Å²) in [5.74, 6) is 0. The van der Waals surface area contributed by atoms with Crippen LogP contribution in [0.4, 0.5) is 8.78 Å². The van der Waals surface area contributed by atoms with Crippen molar-refractivity contribution in [2.45, 2.75) is 0 Å². The lowest BCUT2D eigenvalue weighted by molar-refractivity contribution is 0.504. The first-order valence-corrected chi connectivity index (χ1v) is 2.35. The van der Waals surface area contributed by atoms with Crippen molar-refractivity contribution >= 4 is 12.4 Å². The van der Waals surface area contributed by atoms with E-state index in [0.29, 0.717) is 0 Å². The summed E-state index contributed by atoms with van der Waals surface area (Å²) in [6.45, 7) is -0.500. The Labute approximate surface area is 60.0 Å². The van der Waals surface area contributed by atoms with E-state index in [4.69, 9.17) is 0 Å². The molecule has 5 heteroatoms. The molecule has 0 fully saturated rings. The summed E-state index contributed by atoms with van der Waals surface area (Å²) in [4.78, 5) is 0. The van der Waals surface area contributed by atoms with Gasteiger partial charge in [0.05, 0.1) is 0 Å². The molecule has 0 spiro atoms. The van der Waals surface area contributed by atoms with Gasteiger partial charge in [0.25, 0.3) is 0 Å². The fraction of sp³-hybridized carbons (Fsp3) is 1.00. The third-order valence-corrected chi connectivity index (χ3v) is 0.218. The van der Waals surface area contributed by atoms with Crippen molar-refractivity contribution in [2.75, 3.05) is 26.4 Å². The van der Waals surface area contributed by atoms with Crippen LogP contribution >= 0.6 is 12.4 Å². The first kappa shape index (κ1) is 16.0. The Morgan fingerprint density at radius 3 is 1.00 bits per heavy atom. The fourth-order valence-electron chi connectivity index (χ4n) is 0. The molecule has 0 aromatic carbocycles. The maximum absolute atomic E-state index is 10.6. The SMILES string of the molecule is Cl.NCCF.NCCF. The summed E-state index contributed by atoms with van der Waals surface area (Å²) < 4.78 is 21.2. The van der Waals surface area contributed by atoms with Gasteiger partial charge in [0, 0.05) is 13.1 Å². The number of rotatable bonds is 2. The Bertz CT molecular complexity index is 24.5. The zero-order chi connectivity index (χ0) is 6.83. The van der Waals surface area contributed by atoms with E-state index in [1.54, 1.807) is 0 Å². The lowest BCUT2D eigenvalue weighted by Gasteiger charge is -1.67. The number of hydrogen-bond donors (Lipinski definition) is 2. The van der Waals surface area contributed by atoms with Crippen molar-refractivity contribution in [1.82, 2.24) is 0 Å². The zero-order valence-electron chi connectivity index (χ0n) is 5.15. The van der Waals surface area contributed by atoms with Crippen molar-refractivity contribution < 1.29 is 8.78 Å². The van der Waals surface area contributed by atoms with Gasteiger partial charge in [-0.2, -0.15) is 0 Å². The fourth-order valence-corrected chi connectivity index (χ4v) is 0. The normalized spacial score (nSPS) is 6.67. The van der Waals surface area contributed by atoms with E-state index in [0.717, 1.165) is 0 Å². The maximum Gasteiger partial charge on any atom is 0.102 e. The summed E-state index contributed by atoms with van der Waals surface area (Å²) >= 11 is 0. The molecule has 0 saturated heterocycles. The highest BCUT2D eigenvalue weighted by Gasteiger charge is 1.60. The van der Waals surface area contributed by atoms with Gasteiger partial charge in [0.15, 0.2) is 0 Å². The molecule has 9 heavy (non-hydrogen) atoms. The molecule has 0 aromatic rings. The Hall–Kier alpha value is 0.0700. The Morgan fingerprint density at radius 2 is 1.00 bits per heavy atom. The summed E-state index contributed by atoms with van der Waals surface area (Å²) in [7, 11) is 0. The third-order valence-electron chi connectivity index (χ3n) is 0.218. The van der Waals surface area contributed by atoms with Crippen molar-refractivity contribution in [2.24, 2.45) is 11.5 Å². The number of alkyl halides is 2. The molecular formula is C4H13ClF2N2. The molecule has 0 bridgehead atoms. The van der Waals surface area contributed by atoms with Crippen LogP contribution < -0.4 is 11.5 Å². The minimum atomic E-state index is -0.403. The Balaban J connectivity index is -0.0000000720. The first-order chi connectivity index (χ1) is 3.83. The van der Waals surface area contributed by atoms with Crippen LogP contribution in [0, 0.1) is 0 Å². The van der Waals surface area contributed by atoms with E-state index in [1.165, 1.54) is 0 Å². The van der Waals surface area contributed by atoms with E-state index >= 15 is 0 Å². The van der Waals surface area contributed by atoms with Crippen LogP contribution in [-0.2, 0) is 0 Å². The monoisotopic (exact) mass is 162 g/mol. The van der Waals surface area contributed by atoms with Crippen molar-refractivity contribution in [3.8, 4) is 0 Å². The Morgan fingerprint density at radius 1 is 0.889 bits per heavy atom. The van der Waals surface area contributed by atoms with E-state index < -0.39 is 13.3 Å². The van der Waals surface area contributed by atoms with E-state index in [2.05, 4.69) is 11.5 Å². The molecule has 0 aliphatic rings. The van der Waals surface area contributed by atoms with Crippen LogP contribution in [0.15, 0.2) is 0 Å². The molecule has 0 aromatic heterocycles. The number of halogens is 3. The van der Waals surface area contributed by atoms with Gasteiger partial charge in [-0.15, -0.1) is 12.4 Å². The van der Waals surface area contributed by atoms with Crippen LogP contribution in [0.2, 0.25) is 0 Å². The summed E-state index contributed by atoms with van der Waals surface area (Å²) in [5.41, 5.74) is 9.31. The molecule has 60 valence electrons. The highest BCUT2D eigenvalue weighted by molar-refractivity contribution is 5.85. The molecule has 0 aliphatic carbocycles. The molecule has 0 aliphatic heterocycles. The quantitative estimate of drug-likeness (QED) is 0.612. The smallest absolute Gasteiger partial charge is 0.102 e. The van der Waals surface area contributed by atoms with Gasteiger partial charge < -0.3 is 11.5 Å². The second kappa shape index (κ2) is 24.4. The van der Waals surface area contributed by atoms with Crippen LogP contribution in [0.25, 0.3) is 0 Å². The number of nitrogens with two attached hydrogens (primary N) is 2. The first-order valence-electron chi connectivity index (χ1n) is 2.35. The zero-order valence-corrected chi connectivity index (χ0v) is 5.96. The van der Waals surface area contributed by atoms with Crippen LogP contribution in [0.3, 0.4) is 0 Å². The second-order valence-electron chi connectivity index (χ2n) is 0.955. The Kier molecular flexibility index (Phi) is 43.4. The topological polar surface area (TPSA) is 52.0 Å². The molecule has 2 nitrogen and oxygen atoms in total. The summed E-state index contributed by atoms with van der Waals surface area (Å²) in [6, 6.07) is 0. The minimum absolute atomic E-state index is 0. The lowest BCUT2D eigenvalue weighted by Crippen LogP contribution is -1.98. The second-order valence-corrected chi connectivity index (χ2v) is 0.955. The van der Waals surface area contributed by atoms with Gasteiger partial charge in [0.1, 0.15) is 13.3 Å². The van der Waals surface area contributed by atoms with Gasteiger partial charge in [-0.3, -0.25) is 0 Å². The van der Waals surface area contributed by atoms with Crippen molar-refractivity contribution in [1.29, 1.82) is 0 Å². The molecule has 0 rings (SSSR count). The van der Waals surface area contributed by atoms with Gasteiger partial charge in [-0.25, -0.2) is 8.78 Å². The molecule has 0 saturated carbocycles. The van der Waals surface area contributed by atoms with Crippen LogP contribution in [-0.4, -0.2) is 26.4 Å². The summed E-state index contributed by atoms with van der Waals surface area (Å²) in [6.07, 6.45) is 0. The van der Waals surface area contributed by atoms with Gasteiger partial charge in [0.2, 0.25) is 0 Å². The molecule has 0 radical (unpaired) electrons. The maximum atomic E-state index is 10.6. The molecule has 4 N–H and O–H groups in total. The molecule has 0 unspecified atom stereocenters. The predicted molar refractivity (Wildman–Crippen MR) is 37.3 cm³/mol. The standard InChI is InChI=1S/2C2H6FN.ClH/c2*3-1-2-4;/h2*1-2,4H2;1H. The van der Waals surface area contributed by atoms with E-state index in [9.17, 15) is 8.78 Å². The number of hydrogen-bond acceptors (Lipinski definition) is 2. The highest BCUT2D eigenvalue weighted by atomic mass is 35.5. The van der Waals surface area contributed by atoms with Crippen molar-refractivity contribution in [3.63, 3.8) is 0 Å². The van der Waals surface area contributed by atoms with Crippen LogP contribution in [0.1, 0.15) is 0 Å². The molecule has 0 heterocycles. The van der Waals surface area contributed by atoms with Gasteiger partial charge in [-0.05, 0) is 0 Å². The van der Waals surface area contributed by atoms with Crippen LogP contribution in [0.5, 0.6) is 0 Å². The molecule has 0 atom stereocenters. The third kappa shape index (κ3) is 69.4. The lowest BCUT2D eigenvalue weighted by atomic mass is 10.8. The van der Waals surface area contributed by atoms with E-state index in [-0.39, 0.29) is 25.5 Å². The predicted octanol–water partition coefficient (Wildman–Crippen LogP) is 0.251. The summed E-state index contributed by atoms with van der Waals surface area (Å²) in [5, 5.41) is 0. The largest absolute Gasteiger partial charge is 0.328 e. The molecular weight excluding hydrogens is 150 g/mol.